The summed E-state index contributed by atoms with van der Waals surface area (Å²) < 4.78 is 33.5. The summed E-state index contributed by atoms with van der Waals surface area (Å²) >= 11 is 0. The highest BCUT2D eigenvalue weighted by molar-refractivity contribution is 7.45. The van der Waals surface area contributed by atoms with Crippen LogP contribution in [-0.4, -0.2) is 70.0 Å². The van der Waals surface area contributed by atoms with Crippen molar-refractivity contribution in [1.29, 1.82) is 0 Å². The van der Waals surface area contributed by atoms with E-state index in [1.54, 1.807) is 0 Å². The van der Waals surface area contributed by atoms with Crippen LogP contribution in [0.5, 0.6) is 0 Å². The topological polar surface area (TPSA) is 111 Å². The van der Waals surface area contributed by atoms with Gasteiger partial charge in [-0.1, -0.05) is 102 Å². The Labute approximate surface area is 268 Å². The van der Waals surface area contributed by atoms with Crippen LogP contribution in [0.15, 0.2) is 24.3 Å². The highest BCUT2D eigenvalue weighted by atomic mass is 31.2. The van der Waals surface area contributed by atoms with Crippen molar-refractivity contribution in [3.63, 3.8) is 0 Å². The number of carbonyl (C=O) groups is 2. The normalized spacial score (nSPS) is 14.2. The molecule has 0 spiro atoms. The van der Waals surface area contributed by atoms with Gasteiger partial charge in [0.1, 0.15) is 19.8 Å². The number of likely N-dealkylation sites (N-methyl/N-ethyl adjacent to an activating group) is 1. The molecule has 44 heavy (non-hydrogen) atoms. The summed E-state index contributed by atoms with van der Waals surface area (Å²) in [4.78, 5) is 37.0. The van der Waals surface area contributed by atoms with Crippen molar-refractivity contribution < 1.29 is 42.1 Å². The fourth-order valence-electron chi connectivity index (χ4n) is 4.20. The highest BCUT2D eigenvalue weighted by Crippen LogP contribution is 2.38. The third kappa shape index (κ3) is 30.5. The summed E-state index contributed by atoms with van der Waals surface area (Å²) in [7, 11) is 1.15. The van der Waals surface area contributed by atoms with Gasteiger partial charge in [-0.2, -0.15) is 0 Å². The van der Waals surface area contributed by atoms with Crippen LogP contribution in [0.2, 0.25) is 0 Å². The Morgan fingerprint density at radius 2 is 1.25 bits per heavy atom. The smallest absolute Gasteiger partial charge is 0.306 e. The van der Waals surface area contributed by atoms with Gasteiger partial charge in [0.15, 0.2) is 6.10 Å². The van der Waals surface area contributed by atoms with Crippen LogP contribution >= 0.6 is 7.82 Å². The Morgan fingerprint density at radius 1 is 0.705 bits per heavy atom. The largest absolute Gasteiger partial charge is 0.756 e. The number of ether oxygens (including phenoxy) is 2. The van der Waals surface area contributed by atoms with Crippen LogP contribution in [0.1, 0.15) is 129 Å². The number of phosphoric ester groups is 1. The minimum absolute atomic E-state index is 0.0330. The van der Waals surface area contributed by atoms with E-state index in [4.69, 9.17) is 18.5 Å². The number of hydrogen-bond donors (Lipinski definition) is 0. The number of rotatable bonds is 30. The molecular weight excluding hydrogens is 581 g/mol. The van der Waals surface area contributed by atoms with Gasteiger partial charge in [0.2, 0.25) is 0 Å². The molecular formula is C34H64NO8P. The first-order chi connectivity index (χ1) is 21.0. The van der Waals surface area contributed by atoms with E-state index in [1.807, 2.05) is 21.1 Å². The van der Waals surface area contributed by atoms with Crippen LogP contribution in [0.4, 0.5) is 0 Å². The Bertz CT molecular complexity index is 825. The van der Waals surface area contributed by atoms with Gasteiger partial charge in [0.05, 0.1) is 27.7 Å². The van der Waals surface area contributed by atoms with Gasteiger partial charge in [-0.05, 0) is 38.5 Å². The molecule has 258 valence electrons. The van der Waals surface area contributed by atoms with Crippen molar-refractivity contribution in [2.45, 2.75) is 136 Å². The average Bonchev–Trinajstić information content (AvgIpc) is 2.95. The third-order valence-corrected chi connectivity index (χ3v) is 7.94. The molecule has 0 rings (SSSR count). The van der Waals surface area contributed by atoms with Crippen molar-refractivity contribution >= 4 is 19.8 Å². The molecule has 0 radical (unpaired) electrons. The number of allylic oxidation sites excluding steroid dienone is 4. The summed E-state index contributed by atoms with van der Waals surface area (Å²) in [6.07, 6.45) is 25.2. The number of quaternary nitrogens is 1. The predicted octanol–water partition coefficient (Wildman–Crippen LogP) is 7.82. The van der Waals surface area contributed by atoms with Crippen molar-refractivity contribution in [1.82, 2.24) is 0 Å². The van der Waals surface area contributed by atoms with Gasteiger partial charge in [-0.25, -0.2) is 0 Å². The lowest BCUT2D eigenvalue weighted by molar-refractivity contribution is -0.870. The van der Waals surface area contributed by atoms with Gasteiger partial charge in [-0.15, -0.1) is 0 Å². The second kappa shape index (κ2) is 27.8. The van der Waals surface area contributed by atoms with Crippen LogP contribution in [-0.2, 0) is 32.7 Å². The molecule has 9 nitrogen and oxygen atoms in total. The van der Waals surface area contributed by atoms with Crippen LogP contribution in [0, 0.1) is 0 Å². The van der Waals surface area contributed by atoms with Gasteiger partial charge in [0.25, 0.3) is 7.82 Å². The van der Waals surface area contributed by atoms with Gasteiger partial charge in [-0.3, -0.25) is 14.2 Å². The molecule has 0 aromatic rings. The van der Waals surface area contributed by atoms with Crippen LogP contribution < -0.4 is 4.89 Å². The monoisotopic (exact) mass is 645 g/mol. The maximum absolute atomic E-state index is 12.5. The minimum Gasteiger partial charge on any atom is -0.756 e. The Kier molecular flexibility index (Phi) is 26.8. The van der Waals surface area contributed by atoms with E-state index in [0.29, 0.717) is 17.4 Å². The molecule has 0 aliphatic heterocycles. The quantitative estimate of drug-likeness (QED) is 0.0256. The Morgan fingerprint density at radius 3 is 1.86 bits per heavy atom. The number of nitrogens with zero attached hydrogens (tertiary/aromatic N) is 1. The summed E-state index contributed by atoms with van der Waals surface area (Å²) in [5, 5.41) is 0. The van der Waals surface area contributed by atoms with Gasteiger partial charge >= 0.3 is 11.9 Å². The number of carbonyl (C=O) groups excluding carboxylic acids is 2. The molecule has 0 saturated carbocycles. The molecule has 0 amide bonds. The third-order valence-electron chi connectivity index (χ3n) is 6.97. The molecule has 0 bridgehead atoms. The van der Waals surface area contributed by atoms with E-state index in [2.05, 4.69) is 38.2 Å². The minimum atomic E-state index is -4.61. The second-order valence-corrected chi connectivity index (χ2v) is 13.9. The molecule has 0 aromatic carbocycles. The first kappa shape index (κ1) is 42.5. The SMILES string of the molecule is CCCC/C=C\C/C=C\CCCCCCCC(=O)OC(COC(=O)CCCCCCCC)COP(=O)([O-])OCC[N+](C)(C)C. The average molecular weight is 646 g/mol. The van der Waals surface area contributed by atoms with Gasteiger partial charge < -0.3 is 27.9 Å². The van der Waals surface area contributed by atoms with E-state index >= 15 is 0 Å². The van der Waals surface area contributed by atoms with E-state index in [1.165, 1.54) is 19.3 Å². The van der Waals surface area contributed by atoms with E-state index in [0.717, 1.165) is 77.0 Å². The van der Waals surface area contributed by atoms with Crippen LogP contribution in [0.3, 0.4) is 0 Å². The zero-order valence-electron chi connectivity index (χ0n) is 28.6. The summed E-state index contributed by atoms with van der Waals surface area (Å²) in [6, 6.07) is 0. The Balaban J connectivity index is 4.47. The second-order valence-electron chi connectivity index (χ2n) is 12.5. The summed E-state index contributed by atoms with van der Waals surface area (Å²) in [6.45, 7) is 4.06. The molecule has 0 aliphatic carbocycles. The maximum Gasteiger partial charge on any atom is 0.306 e. The summed E-state index contributed by atoms with van der Waals surface area (Å²) in [5.41, 5.74) is 0. The molecule has 10 heteroatoms. The highest BCUT2D eigenvalue weighted by Gasteiger charge is 2.21. The number of unbranched alkanes of at least 4 members (excludes halogenated alkanes) is 12. The number of esters is 2. The first-order valence-electron chi connectivity index (χ1n) is 17.0. The van der Waals surface area contributed by atoms with E-state index in [-0.39, 0.29) is 26.1 Å². The van der Waals surface area contributed by atoms with Gasteiger partial charge in [0, 0.05) is 12.8 Å². The molecule has 0 fully saturated rings. The molecule has 0 heterocycles. The first-order valence-corrected chi connectivity index (χ1v) is 18.5. The van der Waals surface area contributed by atoms with Crippen molar-refractivity contribution in [3.05, 3.63) is 24.3 Å². The van der Waals surface area contributed by atoms with E-state index < -0.39 is 32.5 Å². The lowest BCUT2D eigenvalue weighted by Crippen LogP contribution is -2.37. The molecule has 0 N–H and O–H groups in total. The van der Waals surface area contributed by atoms with Crippen molar-refractivity contribution in [2.24, 2.45) is 0 Å². The summed E-state index contributed by atoms with van der Waals surface area (Å²) in [5.74, 6) is -0.864. The molecule has 0 aliphatic rings. The fourth-order valence-corrected chi connectivity index (χ4v) is 4.93. The maximum atomic E-state index is 12.5. The Hall–Kier alpha value is -1.51. The van der Waals surface area contributed by atoms with Crippen molar-refractivity contribution in [3.8, 4) is 0 Å². The van der Waals surface area contributed by atoms with E-state index in [9.17, 15) is 19.0 Å². The molecule has 2 atom stereocenters. The number of hydrogen-bond acceptors (Lipinski definition) is 8. The molecule has 2 unspecified atom stereocenters. The van der Waals surface area contributed by atoms with Crippen LogP contribution in [0.25, 0.3) is 0 Å². The standard InChI is InChI=1S/C34H64NO8P/c1-6-8-10-12-14-15-16-17-18-19-20-21-23-25-27-34(37)43-32(30-40-33(36)26-24-22-13-11-9-7-2)31-42-44(38,39)41-29-28-35(3,4)5/h12,14,16-17,32H,6-11,13,15,18-31H2,1-5H3/b14-12-,17-16-. The van der Waals surface area contributed by atoms with Crippen molar-refractivity contribution in [2.75, 3.05) is 47.5 Å². The fraction of sp³-hybridized carbons (Fsp3) is 0.824. The molecule has 0 saturated heterocycles. The molecule has 0 aromatic heterocycles. The zero-order valence-corrected chi connectivity index (χ0v) is 29.5. The lowest BCUT2D eigenvalue weighted by atomic mass is 10.1. The lowest BCUT2D eigenvalue weighted by Gasteiger charge is -2.28. The zero-order chi connectivity index (χ0) is 32.9. The predicted molar refractivity (Wildman–Crippen MR) is 176 cm³/mol. The number of phosphoric acid groups is 1.